The number of benzene rings is 1. The fourth-order valence-electron chi connectivity index (χ4n) is 2.94. The molecule has 0 spiro atoms. The zero-order chi connectivity index (χ0) is 18.8. The van der Waals surface area contributed by atoms with Gasteiger partial charge in [-0.05, 0) is 12.8 Å². The van der Waals surface area contributed by atoms with Gasteiger partial charge in [0.15, 0.2) is 11.5 Å². The van der Waals surface area contributed by atoms with Crippen molar-refractivity contribution in [3.8, 4) is 11.3 Å². The van der Waals surface area contributed by atoms with Gasteiger partial charge < -0.3 is 20.1 Å². The SMILES string of the molecule is O=C(NC1CC(c2nnc([C@@H](O)CO)s2)C1)c1cc(-c2ccccc2)on1. The molecule has 3 aromatic rings. The first kappa shape index (κ1) is 17.8. The van der Waals surface area contributed by atoms with E-state index < -0.39 is 6.10 Å². The monoisotopic (exact) mass is 386 g/mol. The van der Waals surface area contributed by atoms with Crippen LogP contribution in [0.15, 0.2) is 40.9 Å². The second kappa shape index (κ2) is 7.55. The first-order chi connectivity index (χ1) is 13.1. The first-order valence-electron chi connectivity index (χ1n) is 8.59. The molecular weight excluding hydrogens is 368 g/mol. The van der Waals surface area contributed by atoms with Crippen molar-refractivity contribution in [2.75, 3.05) is 6.61 Å². The Morgan fingerprint density at radius 1 is 1.30 bits per heavy atom. The summed E-state index contributed by atoms with van der Waals surface area (Å²) in [7, 11) is 0. The van der Waals surface area contributed by atoms with Gasteiger partial charge >= 0.3 is 0 Å². The standard InChI is InChI=1S/C18H18N4O4S/c23-9-14(24)18-21-20-17(27-18)11-6-12(7-11)19-16(25)13-8-15(26-22-13)10-4-2-1-3-5-10/h1-5,8,11-12,14,23-24H,6-7,9H2,(H,19,25)/t11?,12?,14-/m0/s1. The van der Waals surface area contributed by atoms with E-state index in [1.807, 2.05) is 30.3 Å². The number of nitrogens with one attached hydrogen (secondary N) is 1. The molecule has 2 heterocycles. The highest BCUT2D eigenvalue weighted by Gasteiger charge is 2.35. The van der Waals surface area contributed by atoms with Crippen LogP contribution in [0.1, 0.15) is 45.4 Å². The van der Waals surface area contributed by atoms with Gasteiger partial charge in [0.25, 0.3) is 5.91 Å². The van der Waals surface area contributed by atoms with Crippen molar-refractivity contribution in [2.24, 2.45) is 0 Å². The molecule has 0 bridgehead atoms. The minimum absolute atomic E-state index is 0.0366. The number of carbonyl (C=O) groups is 1. The lowest BCUT2D eigenvalue weighted by molar-refractivity contribution is 0.0899. The van der Waals surface area contributed by atoms with Crippen LogP contribution in [0.4, 0.5) is 0 Å². The van der Waals surface area contributed by atoms with Crippen LogP contribution >= 0.6 is 11.3 Å². The van der Waals surface area contributed by atoms with Crippen LogP contribution in [0.3, 0.4) is 0 Å². The minimum atomic E-state index is -0.988. The number of carbonyl (C=O) groups excluding carboxylic acids is 1. The number of rotatable bonds is 6. The van der Waals surface area contributed by atoms with E-state index in [1.165, 1.54) is 11.3 Å². The third kappa shape index (κ3) is 3.75. The van der Waals surface area contributed by atoms with Gasteiger partial charge in [0.2, 0.25) is 0 Å². The number of aliphatic hydroxyl groups excluding tert-OH is 2. The second-order valence-electron chi connectivity index (χ2n) is 6.46. The molecule has 2 aromatic heterocycles. The van der Waals surface area contributed by atoms with Gasteiger partial charge in [0.05, 0.1) is 6.61 Å². The summed E-state index contributed by atoms with van der Waals surface area (Å²) < 4.78 is 5.26. The topological polar surface area (TPSA) is 121 Å². The Kier molecular flexibility index (Phi) is 4.97. The van der Waals surface area contributed by atoms with Crippen LogP contribution in [-0.4, -0.2) is 44.1 Å². The summed E-state index contributed by atoms with van der Waals surface area (Å²) in [5, 5.41) is 34.5. The normalized spacial score (nSPS) is 20.1. The Morgan fingerprint density at radius 2 is 2.07 bits per heavy atom. The number of aliphatic hydroxyl groups is 2. The Labute approximate surface area is 158 Å². The van der Waals surface area contributed by atoms with Crippen molar-refractivity contribution >= 4 is 17.2 Å². The average Bonchev–Trinajstić information content (AvgIpc) is 3.34. The van der Waals surface area contributed by atoms with Crippen LogP contribution in [-0.2, 0) is 0 Å². The smallest absolute Gasteiger partial charge is 0.273 e. The number of amides is 1. The average molecular weight is 386 g/mol. The predicted molar refractivity (Wildman–Crippen MR) is 97.1 cm³/mol. The third-order valence-corrected chi connectivity index (χ3v) is 5.72. The lowest BCUT2D eigenvalue weighted by Gasteiger charge is -2.33. The molecule has 0 saturated heterocycles. The van der Waals surface area contributed by atoms with Crippen molar-refractivity contribution in [3.05, 3.63) is 52.1 Å². The van der Waals surface area contributed by atoms with Crippen LogP contribution in [0.25, 0.3) is 11.3 Å². The first-order valence-corrected chi connectivity index (χ1v) is 9.41. The number of hydrogen-bond donors (Lipinski definition) is 3. The summed E-state index contributed by atoms with van der Waals surface area (Å²) >= 11 is 1.30. The molecule has 0 radical (unpaired) electrons. The molecule has 140 valence electrons. The molecule has 0 unspecified atom stereocenters. The van der Waals surface area contributed by atoms with Gasteiger partial charge in [-0.25, -0.2) is 0 Å². The van der Waals surface area contributed by atoms with Crippen molar-refractivity contribution in [1.29, 1.82) is 0 Å². The Hall–Kier alpha value is -2.62. The predicted octanol–water partition coefficient (Wildman–Crippen LogP) is 1.89. The van der Waals surface area contributed by atoms with Gasteiger partial charge in [0.1, 0.15) is 16.1 Å². The summed E-state index contributed by atoms with van der Waals surface area (Å²) in [5.41, 5.74) is 1.12. The summed E-state index contributed by atoms with van der Waals surface area (Å²) in [6, 6.07) is 11.1. The van der Waals surface area contributed by atoms with Crippen LogP contribution in [0.5, 0.6) is 0 Å². The van der Waals surface area contributed by atoms with Crippen molar-refractivity contribution in [2.45, 2.75) is 30.9 Å². The van der Waals surface area contributed by atoms with Gasteiger partial charge in [-0.1, -0.05) is 46.8 Å². The Balaban J connectivity index is 1.32. The van der Waals surface area contributed by atoms with E-state index in [2.05, 4.69) is 20.7 Å². The van der Waals surface area contributed by atoms with Crippen LogP contribution in [0, 0.1) is 0 Å². The van der Waals surface area contributed by atoms with Gasteiger partial charge in [-0.2, -0.15) is 0 Å². The molecule has 3 N–H and O–H groups in total. The zero-order valence-electron chi connectivity index (χ0n) is 14.3. The Morgan fingerprint density at radius 3 is 2.81 bits per heavy atom. The van der Waals surface area contributed by atoms with E-state index in [0.29, 0.717) is 10.8 Å². The summed E-state index contributed by atoms with van der Waals surface area (Å²) in [6.45, 7) is -0.374. The molecule has 1 aliphatic carbocycles. The molecule has 1 saturated carbocycles. The van der Waals surface area contributed by atoms with Gasteiger partial charge in [-0.15, -0.1) is 10.2 Å². The summed E-state index contributed by atoms with van der Waals surface area (Å²) in [6.07, 6.45) is 0.510. The van der Waals surface area contributed by atoms with E-state index >= 15 is 0 Å². The maximum absolute atomic E-state index is 12.3. The molecule has 27 heavy (non-hydrogen) atoms. The fraction of sp³-hybridized carbons (Fsp3) is 0.333. The van der Waals surface area contributed by atoms with E-state index in [9.17, 15) is 9.90 Å². The molecule has 1 amide bonds. The molecule has 1 aliphatic rings. The van der Waals surface area contributed by atoms with E-state index in [0.717, 1.165) is 23.4 Å². The van der Waals surface area contributed by atoms with Gasteiger partial charge in [-0.3, -0.25) is 4.79 Å². The zero-order valence-corrected chi connectivity index (χ0v) is 15.1. The maximum Gasteiger partial charge on any atom is 0.273 e. The molecule has 1 aromatic carbocycles. The molecule has 1 fully saturated rings. The van der Waals surface area contributed by atoms with Crippen molar-refractivity contribution in [3.63, 3.8) is 0 Å². The lowest BCUT2D eigenvalue weighted by Crippen LogP contribution is -2.43. The summed E-state index contributed by atoms with van der Waals surface area (Å²) in [5.74, 6) is 0.485. The van der Waals surface area contributed by atoms with Crippen molar-refractivity contribution in [1.82, 2.24) is 20.7 Å². The third-order valence-electron chi connectivity index (χ3n) is 4.54. The number of aromatic nitrogens is 3. The van der Waals surface area contributed by atoms with Crippen LogP contribution in [0.2, 0.25) is 0 Å². The second-order valence-corrected chi connectivity index (χ2v) is 7.50. The Bertz CT molecular complexity index is 920. The minimum Gasteiger partial charge on any atom is -0.393 e. The number of hydrogen-bond acceptors (Lipinski definition) is 8. The van der Waals surface area contributed by atoms with Gasteiger partial charge in [0, 0.05) is 23.6 Å². The highest BCUT2D eigenvalue weighted by atomic mass is 32.1. The molecule has 0 aliphatic heterocycles. The van der Waals surface area contributed by atoms with E-state index in [1.54, 1.807) is 6.07 Å². The molecule has 8 nitrogen and oxygen atoms in total. The van der Waals surface area contributed by atoms with Crippen molar-refractivity contribution < 1.29 is 19.5 Å². The molecule has 4 rings (SSSR count). The molecule has 9 heteroatoms. The molecular formula is C18H18N4O4S. The molecule has 1 atom stereocenters. The highest BCUT2D eigenvalue weighted by Crippen LogP contribution is 2.39. The fourth-order valence-corrected chi connectivity index (χ4v) is 3.89. The largest absolute Gasteiger partial charge is 0.393 e. The highest BCUT2D eigenvalue weighted by molar-refractivity contribution is 7.11. The van der Waals surface area contributed by atoms with E-state index in [4.69, 9.17) is 9.63 Å². The summed E-state index contributed by atoms with van der Waals surface area (Å²) in [4.78, 5) is 12.3. The van der Waals surface area contributed by atoms with E-state index in [-0.39, 0.29) is 30.2 Å². The van der Waals surface area contributed by atoms with Crippen LogP contribution < -0.4 is 5.32 Å². The lowest BCUT2D eigenvalue weighted by atomic mass is 9.80. The quantitative estimate of drug-likeness (QED) is 0.591. The maximum atomic E-state index is 12.3. The number of nitrogens with zero attached hydrogens (tertiary/aromatic N) is 3.